The molecule has 0 aliphatic carbocycles. The number of thiophene rings is 1. The smallest absolute Gasteiger partial charge is 0.348 e. The van der Waals surface area contributed by atoms with Gasteiger partial charge in [0.05, 0.1) is 24.0 Å². The number of anilines is 1. The Morgan fingerprint density at radius 2 is 1.78 bits per heavy atom. The monoisotopic (exact) mass is 521 g/mol. The molecule has 2 aromatic carbocycles. The summed E-state index contributed by atoms with van der Waals surface area (Å²) in [6.07, 6.45) is 1.32. The molecule has 192 valence electrons. The summed E-state index contributed by atoms with van der Waals surface area (Å²) in [6, 6.07) is 15.4. The molecule has 0 saturated heterocycles. The SMILES string of the molecule is CCOc1ccccc1NC(=O)C(C)n1cnc2sc(C(=O)OCCOc3ccccc3)c(C)c2c1=O. The van der Waals surface area contributed by atoms with Gasteiger partial charge in [0, 0.05) is 0 Å². The van der Waals surface area contributed by atoms with Crippen LogP contribution in [0.1, 0.15) is 35.1 Å². The van der Waals surface area contributed by atoms with Crippen molar-refractivity contribution in [3.05, 3.63) is 81.7 Å². The highest BCUT2D eigenvalue weighted by atomic mass is 32.1. The second-order valence-electron chi connectivity index (χ2n) is 8.09. The van der Waals surface area contributed by atoms with Crippen LogP contribution in [0.3, 0.4) is 0 Å². The molecule has 4 rings (SSSR count). The van der Waals surface area contributed by atoms with E-state index in [1.165, 1.54) is 10.9 Å². The van der Waals surface area contributed by atoms with Gasteiger partial charge in [-0.25, -0.2) is 9.78 Å². The van der Waals surface area contributed by atoms with Crippen LogP contribution >= 0.6 is 11.3 Å². The van der Waals surface area contributed by atoms with Crippen molar-refractivity contribution in [1.29, 1.82) is 0 Å². The largest absolute Gasteiger partial charge is 0.492 e. The summed E-state index contributed by atoms with van der Waals surface area (Å²) >= 11 is 1.08. The number of nitrogens with one attached hydrogen (secondary N) is 1. The average Bonchev–Trinajstić information content (AvgIpc) is 3.25. The highest BCUT2D eigenvalue weighted by Crippen LogP contribution is 2.28. The summed E-state index contributed by atoms with van der Waals surface area (Å²) in [5, 5.41) is 3.10. The van der Waals surface area contributed by atoms with Gasteiger partial charge in [0.25, 0.3) is 5.56 Å². The van der Waals surface area contributed by atoms with Gasteiger partial charge in [-0.05, 0) is 50.6 Å². The van der Waals surface area contributed by atoms with Gasteiger partial charge in [0.2, 0.25) is 5.91 Å². The lowest BCUT2D eigenvalue weighted by Gasteiger charge is -2.16. The molecule has 0 bridgehead atoms. The zero-order valence-electron chi connectivity index (χ0n) is 20.7. The first-order valence-electron chi connectivity index (χ1n) is 11.8. The van der Waals surface area contributed by atoms with Crippen molar-refractivity contribution in [3.63, 3.8) is 0 Å². The summed E-state index contributed by atoms with van der Waals surface area (Å²) < 4.78 is 17.7. The quantitative estimate of drug-likeness (QED) is 0.240. The number of carbonyl (C=O) groups is 2. The van der Waals surface area contributed by atoms with Gasteiger partial charge < -0.3 is 19.5 Å². The maximum absolute atomic E-state index is 13.3. The third-order valence-electron chi connectivity index (χ3n) is 5.63. The first kappa shape index (κ1) is 25.9. The number of para-hydroxylation sites is 3. The van der Waals surface area contributed by atoms with Gasteiger partial charge >= 0.3 is 5.97 Å². The molecule has 1 unspecified atom stereocenters. The van der Waals surface area contributed by atoms with Crippen LogP contribution in [-0.4, -0.2) is 41.2 Å². The normalized spacial score (nSPS) is 11.6. The van der Waals surface area contributed by atoms with E-state index in [-0.39, 0.29) is 18.6 Å². The minimum absolute atomic E-state index is 0.0551. The fraction of sp³-hybridized carbons (Fsp3) is 0.259. The van der Waals surface area contributed by atoms with Crippen LogP contribution in [0, 0.1) is 6.92 Å². The predicted octanol–water partition coefficient (Wildman–Crippen LogP) is 4.60. The Labute approximate surface area is 217 Å². The fourth-order valence-corrected chi connectivity index (χ4v) is 4.73. The van der Waals surface area contributed by atoms with Crippen LogP contribution in [0.5, 0.6) is 11.5 Å². The standard InChI is InChI=1S/C27H27N3O6S/c1-4-34-21-13-9-8-12-20(21)29-24(31)18(3)30-16-28-25-22(26(30)32)17(2)23(37-25)27(33)36-15-14-35-19-10-6-5-7-11-19/h5-13,16,18H,4,14-15H2,1-3H3,(H,29,31). The minimum atomic E-state index is -0.857. The van der Waals surface area contributed by atoms with Crippen molar-refractivity contribution < 1.29 is 23.8 Å². The predicted molar refractivity (Wildman–Crippen MR) is 142 cm³/mol. The Kier molecular flexibility index (Phi) is 8.19. The average molecular weight is 522 g/mol. The van der Waals surface area contributed by atoms with E-state index in [0.29, 0.717) is 39.1 Å². The van der Waals surface area contributed by atoms with Crippen molar-refractivity contribution in [2.45, 2.75) is 26.8 Å². The summed E-state index contributed by atoms with van der Waals surface area (Å²) in [5.74, 6) is 0.265. The van der Waals surface area contributed by atoms with Crippen molar-refractivity contribution in [1.82, 2.24) is 9.55 Å². The van der Waals surface area contributed by atoms with Crippen molar-refractivity contribution in [2.75, 3.05) is 25.1 Å². The van der Waals surface area contributed by atoms with Crippen LogP contribution in [-0.2, 0) is 9.53 Å². The molecular weight excluding hydrogens is 494 g/mol. The first-order chi connectivity index (χ1) is 17.9. The van der Waals surface area contributed by atoms with E-state index >= 15 is 0 Å². The molecule has 0 radical (unpaired) electrons. The number of hydrogen-bond acceptors (Lipinski definition) is 8. The number of amides is 1. The summed E-state index contributed by atoms with van der Waals surface area (Å²) in [5.41, 5.74) is 0.567. The molecule has 4 aromatic rings. The van der Waals surface area contributed by atoms with Gasteiger partial charge in [-0.1, -0.05) is 30.3 Å². The van der Waals surface area contributed by atoms with Gasteiger partial charge in [-0.15, -0.1) is 11.3 Å². The molecule has 9 nitrogen and oxygen atoms in total. The van der Waals surface area contributed by atoms with Crippen LogP contribution in [0.25, 0.3) is 10.2 Å². The topological polar surface area (TPSA) is 109 Å². The third kappa shape index (κ3) is 5.80. The Balaban J connectivity index is 1.48. The van der Waals surface area contributed by atoms with Gasteiger partial charge in [-0.3, -0.25) is 14.2 Å². The van der Waals surface area contributed by atoms with Crippen LogP contribution in [0.15, 0.2) is 65.7 Å². The number of aryl methyl sites for hydroxylation is 1. The molecule has 2 heterocycles. The highest BCUT2D eigenvalue weighted by Gasteiger charge is 2.24. The zero-order valence-corrected chi connectivity index (χ0v) is 21.5. The van der Waals surface area contributed by atoms with Crippen molar-refractivity contribution in [2.24, 2.45) is 0 Å². The molecule has 1 amide bonds. The highest BCUT2D eigenvalue weighted by molar-refractivity contribution is 7.20. The molecule has 10 heteroatoms. The van der Waals surface area contributed by atoms with E-state index in [4.69, 9.17) is 14.2 Å². The molecule has 0 spiro atoms. The summed E-state index contributed by atoms with van der Waals surface area (Å²) in [7, 11) is 0. The van der Waals surface area contributed by atoms with Crippen LogP contribution in [0.4, 0.5) is 5.69 Å². The zero-order chi connectivity index (χ0) is 26.4. The van der Waals surface area contributed by atoms with Gasteiger partial charge in [0.15, 0.2) is 0 Å². The molecule has 0 aliphatic heterocycles. The maximum atomic E-state index is 13.3. The van der Waals surface area contributed by atoms with E-state index in [1.807, 2.05) is 43.3 Å². The number of rotatable bonds is 10. The Bertz CT molecular complexity index is 1460. The van der Waals surface area contributed by atoms with Gasteiger partial charge in [0.1, 0.15) is 40.5 Å². The van der Waals surface area contributed by atoms with Crippen molar-refractivity contribution >= 4 is 39.1 Å². The number of nitrogens with zero attached hydrogens (tertiary/aromatic N) is 2. The van der Waals surface area contributed by atoms with E-state index < -0.39 is 23.5 Å². The molecular formula is C27H27N3O6S. The van der Waals surface area contributed by atoms with Crippen molar-refractivity contribution in [3.8, 4) is 11.5 Å². The fourth-order valence-electron chi connectivity index (χ4n) is 3.70. The molecule has 0 aliphatic rings. The summed E-state index contributed by atoms with van der Waals surface area (Å²) in [6.45, 7) is 5.84. The number of fused-ring (bicyclic) bond motifs is 1. The number of hydrogen-bond donors (Lipinski definition) is 1. The molecule has 0 fully saturated rings. The van der Waals surface area contributed by atoms with E-state index in [0.717, 1.165) is 11.3 Å². The molecule has 0 saturated carbocycles. The first-order valence-corrected chi connectivity index (χ1v) is 12.6. The molecule has 2 aromatic heterocycles. The Hall–Kier alpha value is -4.18. The lowest BCUT2D eigenvalue weighted by Crippen LogP contribution is -2.32. The number of carbonyl (C=O) groups excluding carboxylic acids is 2. The second kappa shape index (κ2) is 11.7. The number of ether oxygens (including phenoxy) is 3. The van der Waals surface area contributed by atoms with E-state index in [9.17, 15) is 14.4 Å². The number of aromatic nitrogens is 2. The third-order valence-corrected chi connectivity index (χ3v) is 6.81. The maximum Gasteiger partial charge on any atom is 0.348 e. The Morgan fingerprint density at radius 1 is 1.05 bits per heavy atom. The van der Waals surface area contributed by atoms with E-state index in [2.05, 4.69) is 10.3 Å². The lowest BCUT2D eigenvalue weighted by molar-refractivity contribution is -0.118. The number of benzene rings is 2. The molecule has 1 atom stereocenters. The minimum Gasteiger partial charge on any atom is -0.492 e. The van der Waals surface area contributed by atoms with Crippen LogP contribution < -0.4 is 20.3 Å². The van der Waals surface area contributed by atoms with E-state index in [1.54, 1.807) is 32.0 Å². The molecule has 37 heavy (non-hydrogen) atoms. The summed E-state index contributed by atoms with van der Waals surface area (Å²) in [4.78, 5) is 44.0. The van der Waals surface area contributed by atoms with Crippen LogP contribution in [0.2, 0.25) is 0 Å². The van der Waals surface area contributed by atoms with Gasteiger partial charge in [-0.2, -0.15) is 0 Å². The molecule has 1 N–H and O–H groups in total. The number of esters is 1. The lowest BCUT2D eigenvalue weighted by atomic mass is 10.2. The second-order valence-corrected chi connectivity index (χ2v) is 9.08. The Morgan fingerprint density at radius 3 is 2.54 bits per heavy atom.